The van der Waals surface area contributed by atoms with E-state index in [1.165, 1.54) is 36.4 Å². The van der Waals surface area contributed by atoms with Crippen LogP contribution in [0.3, 0.4) is 0 Å². The molecule has 0 fully saturated rings. The van der Waals surface area contributed by atoms with Gasteiger partial charge in [0.2, 0.25) is 0 Å². The molecule has 2 aromatic carbocycles. The average molecular weight is 288 g/mol. The lowest BCUT2D eigenvalue weighted by Gasteiger charge is -2.00. The van der Waals surface area contributed by atoms with Crippen molar-refractivity contribution in [2.24, 2.45) is 0 Å². The minimum atomic E-state index is -1.06. The summed E-state index contributed by atoms with van der Waals surface area (Å²) in [6, 6.07) is 8.91. The number of allylic oxidation sites excluding steroid dienone is 1. The molecule has 5 heteroatoms. The molecule has 0 aliphatic carbocycles. The minimum Gasteiger partial charge on any atom is -0.478 e. The van der Waals surface area contributed by atoms with Crippen LogP contribution in [0.2, 0.25) is 0 Å². The summed E-state index contributed by atoms with van der Waals surface area (Å²) < 4.78 is 26.8. The van der Waals surface area contributed by atoms with Gasteiger partial charge in [-0.15, -0.1) is 0 Å². The molecule has 0 saturated carbocycles. The number of hydrogen-bond acceptors (Lipinski definition) is 2. The van der Waals surface area contributed by atoms with Gasteiger partial charge in [0.15, 0.2) is 5.78 Å². The van der Waals surface area contributed by atoms with Gasteiger partial charge in [-0.2, -0.15) is 0 Å². The van der Waals surface area contributed by atoms with Crippen LogP contribution in [-0.2, 0) is 0 Å². The monoisotopic (exact) mass is 288 g/mol. The summed E-state index contributed by atoms with van der Waals surface area (Å²) in [5.74, 6) is -3.71. The van der Waals surface area contributed by atoms with Crippen LogP contribution in [0, 0.1) is 11.6 Å². The van der Waals surface area contributed by atoms with Gasteiger partial charge in [0.1, 0.15) is 11.6 Å². The molecule has 2 aromatic rings. The highest BCUT2D eigenvalue weighted by Gasteiger charge is 2.14. The Morgan fingerprint density at radius 3 is 2.05 bits per heavy atom. The van der Waals surface area contributed by atoms with Crippen molar-refractivity contribution in [3.8, 4) is 0 Å². The van der Waals surface area contributed by atoms with Gasteiger partial charge in [0, 0.05) is 0 Å². The summed E-state index contributed by atoms with van der Waals surface area (Å²) in [6.07, 6.45) is 2.40. The van der Waals surface area contributed by atoms with Crippen LogP contribution in [0.1, 0.15) is 26.3 Å². The molecule has 0 radical (unpaired) electrons. The average Bonchev–Trinajstić information content (AvgIpc) is 2.45. The normalized spacial score (nSPS) is 10.8. The Hall–Kier alpha value is -2.82. The number of ketones is 1. The molecular weight excluding hydrogens is 278 g/mol. The van der Waals surface area contributed by atoms with Gasteiger partial charge >= 0.3 is 5.97 Å². The molecule has 1 N–H and O–H groups in total. The van der Waals surface area contributed by atoms with Gasteiger partial charge in [-0.1, -0.05) is 24.3 Å². The zero-order valence-corrected chi connectivity index (χ0v) is 10.7. The molecule has 0 aliphatic heterocycles. The predicted molar refractivity (Wildman–Crippen MR) is 73.1 cm³/mol. The lowest BCUT2D eigenvalue weighted by atomic mass is 10.1. The molecule has 2 rings (SSSR count). The number of carboxylic acid groups (broad SMARTS) is 1. The fourth-order valence-electron chi connectivity index (χ4n) is 1.73. The molecule has 0 atom stereocenters. The Kier molecular flexibility index (Phi) is 4.23. The molecule has 0 aliphatic rings. The second-order valence-electron chi connectivity index (χ2n) is 4.22. The first-order chi connectivity index (χ1) is 9.99. The van der Waals surface area contributed by atoms with Crippen molar-refractivity contribution in [3.05, 3.63) is 76.9 Å². The number of carboxylic acids is 1. The Bertz CT molecular complexity index is 699. The number of aromatic carboxylic acids is 1. The first-order valence-electron chi connectivity index (χ1n) is 5.99. The van der Waals surface area contributed by atoms with Crippen molar-refractivity contribution in [2.45, 2.75) is 0 Å². The SMILES string of the molecule is O=C(O)c1ccc(/C=C/C(=O)c2c(F)cccc2F)cc1. The largest absolute Gasteiger partial charge is 0.478 e. The topological polar surface area (TPSA) is 54.4 Å². The zero-order chi connectivity index (χ0) is 15.4. The summed E-state index contributed by atoms with van der Waals surface area (Å²) in [4.78, 5) is 22.5. The maximum Gasteiger partial charge on any atom is 0.335 e. The zero-order valence-electron chi connectivity index (χ0n) is 10.7. The van der Waals surface area contributed by atoms with Crippen LogP contribution >= 0.6 is 0 Å². The Morgan fingerprint density at radius 2 is 1.52 bits per heavy atom. The molecule has 0 amide bonds. The molecule has 21 heavy (non-hydrogen) atoms. The minimum absolute atomic E-state index is 0.110. The number of carbonyl (C=O) groups excluding carboxylic acids is 1. The van der Waals surface area contributed by atoms with Crippen molar-refractivity contribution >= 4 is 17.8 Å². The van der Waals surface area contributed by atoms with Gasteiger partial charge in [0.25, 0.3) is 0 Å². The van der Waals surface area contributed by atoms with E-state index in [9.17, 15) is 18.4 Å². The molecule has 0 heterocycles. The van der Waals surface area contributed by atoms with E-state index in [-0.39, 0.29) is 5.56 Å². The van der Waals surface area contributed by atoms with E-state index in [1.807, 2.05) is 0 Å². The van der Waals surface area contributed by atoms with Gasteiger partial charge in [-0.3, -0.25) is 4.79 Å². The van der Waals surface area contributed by atoms with E-state index in [2.05, 4.69) is 0 Å². The molecular formula is C16H10F2O3. The van der Waals surface area contributed by atoms with Crippen LogP contribution in [0.4, 0.5) is 8.78 Å². The van der Waals surface area contributed by atoms with Crippen molar-refractivity contribution in [2.75, 3.05) is 0 Å². The van der Waals surface area contributed by atoms with E-state index < -0.39 is 29.0 Å². The third-order valence-corrected chi connectivity index (χ3v) is 2.79. The number of carbonyl (C=O) groups is 2. The molecule has 3 nitrogen and oxygen atoms in total. The van der Waals surface area contributed by atoms with Crippen LogP contribution < -0.4 is 0 Å². The lowest BCUT2D eigenvalue weighted by Crippen LogP contribution is -2.02. The highest BCUT2D eigenvalue weighted by molar-refractivity contribution is 6.07. The third-order valence-electron chi connectivity index (χ3n) is 2.79. The molecule has 0 aromatic heterocycles. The lowest BCUT2D eigenvalue weighted by molar-refractivity contribution is 0.0696. The van der Waals surface area contributed by atoms with Crippen molar-refractivity contribution in [1.82, 2.24) is 0 Å². The standard InChI is InChI=1S/C16H10F2O3/c17-12-2-1-3-13(18)15(12)14(19)9-6-10-4-7-11(8-5-10)16(20)21/h1-9H,(H,20,21)/b9-6+. The summed E-state index contributed by atoms with van der Waals surface area (Å²) in [7, 11) is 0. The maximum absolute atomic E-state index is 13.4. The fraction of sp³-hybridized carbons (Fsp3) is 0. The van der Waals surface area contributed by atoms with E-state index in [0.29, 0.717) is 5.56 Å². The number of rotatable bonds is 4. The molecule has 0 bridgehead atoms. The number of hydrogen-bond donors (Lipinski definition) is 1. The van der Waals surface area contributed by atoms with E-state index in [1.54, 1.807) is 0 Å². The molecule has 0 unspecified atom stereocenters. The highest BCUT2D eigenvalue weighted by atomic mass is 19.1. The number of halogens is 2. The quantitative estimate of drug-likeness (QED) is 0.691. The van der Waals surface area contributed by atoms with Crippen LogP contribution in [0.5, 0.6) is 0 Å². The smallest absolute Gasteiger partial charge is 0.335 e. The van der Waals surface area contributed by atoms with E-state index >= 15 is 0 Å². The van der Waals surface area contributed by atoms with Crippen molar-refractivity contribution in [1.29, 1.82) is 0 Å². The second kappa shape index (κ2) is 6.09. The molecule has 0 spiro atoms. The van der Waals surface area contributed by atoms with Crippen LogP contribution in [-0.4, -0.2) is 16.9 Å². The first-order valence-corrected chi connectivity index (χ1v) is 5.99. The summed E-state index contributed by atoms with van der Waals surface area (Å²) in [6.45, 7) is 0. The van der Waals surface area contributed by atoms with Gasteiger partial charge in [-0.05, 0) is 35.9 Å². The van der Waals surface area contributed by atoms with Gasteiger partial charge in [0.05, 0.1) is 11.1 Å². The summed E-state index contributed by atoms with van der Waals surface area (Å²) >= 11 is 0. The van der Waals surface area contributed by atoms with Crippen molar-refractivity contribution < 1.29 is 23.5 Å². The predicted octanol–water partition coefficient (Wildman–Crippen LogP) is 3.56. The molecule has 0 saturated heterocycles. The van der Waals surface area contributed by atoms with Gasteiger partial charge in [-0.25, -0.2) is 13.6 Å². The van der Waals surface area contributed by atoms with E-state index in [4.69, 9.17) is 5.11 Å². The number of benzene rings is 2. The Labute approximate surface area is 119 Å². The van der Waals surface area contributed by atoms with Gasteiger partial charge < -0.3 is 5.11 Å². The highest BCUT2D eigenvalue weighted by Crippen LogP contribution is 2.14. The fourth-order valence-corrected chi connectivity index (χ4v) is 1.73. The third kappa shape index (κ3) is 3.39. The van der Waals surface area contributed by atoms with Crippen LogP contribution in [0.25, 0.3) is 6.08 Å². The van der Waals surface area contributed by atoms with Crippen LogP contribution in [0.15, 0.2) is 48.5 Å². The second-order valence-corrected chi connectivity index (χ2v) is 4.22. The molecule has 106 valence electrons. The first kappa shape index (κ1) is 14.6. The van der Waals surface area contributed by atoms with E-state index in [0.717, 1.165) is 18.2 Å². The Balaban J connectivity index is 2.21. The maximum atomic E-state index is 13.4. The van der Waals surface area contributed by atoms with Crippen molar-refractivity contribution in [3.63, 3.8) is 0 Å². The summed E-state index contributed by atoms with van der Waals surface area (Å²) in [5, 5.41) is 8.75. The summed E-state index contributed by atoms with van der Waals surface area (Å²) in [5.41, 5.74) is 0.0413. The Morgan fingerprint density at radius 1 is 0.952 bits per heavy atom.